The van der Waals surface area contributed by atoms with Crippen molar-refractivity contribution in [1.29, 1.82) is 0 Å². The zero-order chi connectivity index (χ0) is 12.1. The molecule has 0 spiro atoms. The molecule has 2 heterocycles. The summed E-state index contributed by atoms with van der Waals surface area (Å²) in [7, 11) is 0. The minimum absolute atomic E-state index is 0. The Labute approximate surface area is 134 Å². The summed E-state index contributed by atoms with van der Waals surface area (Å²) in [5.41, 5.74) is 2.02. The van der Waals surface area contributed by atoms with E-state index < -0.39 is 0 Å². The fraction of sp³-hybridized carbons (Fsp3) is 0. The van der Waals surface area contributed by atoms with Crippen LogP contribution in [0.4, 0.5) is 0 Å². The quantitative estimate of drug-likeness (QED) is 0.477. The predicted octanol–water partition coefficient (Wildman–Crippen LogP) is 2.48. The molecule has 3 aromatic rings. The van der Waals surface area contributed by atoms with Crippen molar-refractivity contribution in [3.05, 3.63) is 48.8 Å². The van der Waals surface area contributed by atoms with E-state index in [1.807, 2.05) is 24.4 Å². The maximum absolute atomic E-state index is 8.36. The third kappa shape index (κ3) is 3.17. The number of rotatable bonds is 0. The average molecular weight is 385 g/mol. The van der Waals surface area contributed by atoms with Crippen LogP contribution >= 0.6 is 0 Å². The second kappa shape index (κ2) is 7.28. The molecule has 0 saturated heterocycles. The van der Waals surface area contributed by atoms with E-state index in [0.717, 1.165) is 21.8 Å². The van der Waals surface area contributed by atoms with Crippen molar-refractivity contribution in [2.45, 2.75) is 0 Å². The van der Waals surface area contributed by atoms with Gasteiger partial charge in [-0.2, -0.15) is 0 Å². The Bertz CT molecular complexity index is 604. The van der Waals surface area contributed by atoms with Crippen molar-refractivity contribution >= 4 is 28.3 Å². The first-order valence-corrected chi connectivity index (χ1v) is 5.03. The third-order valence-electron chi connectivity index (χ3n) is 2.35. The van der Waals surface area contributed by atoms with Gasteiger partial charge in [0.2, 0.25) is 0 Å². The minimum Gasteiger partial charge on any atom is -0.483 e. The van der Waals surface area contributed by atoms with Crippen molar-refractivity contribution in [2.24, 2.45) is 0 Å². The Hall–Kier alpha value is -1.20. The van der Waals surface area contributed by atoms with Gasteiger partial charge in [-0.3, -0.25) is 14.8 Å². The first-order valence-electron chi connectivity index (χ1n) is 5.03. The summed E-state index contributed by atoms with van der Waals surface area (Å²) in [4.78, 5) is 17.0. The molecule has 0 amide bonds. The molecular formula is C13H10N2O2Tb. The van der Waals surface area contributed by atoms with Crippen LogP contribution in [-0.2, 0) is 4.79 Å². The summed E-state index contributed by atoms with van der Waals surface area (Å²) in [5, 5.41) is 9.17. The number of fused-ring (bicyclic) bond motifs is 3. The number of carboxylic acid groups (broad SMARTS) is 1. The maximum atomic E-state index is 8.36. The fourth-order valence-corrected chi connectivity index (χ4v) is 1.70. The van der Waals surface area contributed by atoms with Gasteiger partial charge in [-0.05, 0) is 24.3 Å². The van der Waals surface area contributed by atoms with Crippen molar-refractivity contribution in [1.82, 2.24) is 9.97 Å². The summed E-state index contributed by atoms with van der Waals surface area (Å²) in [6.07, 6.45) is 3.62. The van der Waals surface area contributed by atoms with Crippen LogP contribution in [0.2, 0.25) is 0 Å². The molecule has 93 valence electrons. The molecule has 0 atom stereocenters. The van der Waals surface area contributed by atoms with Crippen LogP contribution in [0.25, 0.3) is 21.8 Å². The van der Waals surface area contributed by atoms with Gasteiger partial charge >= 0.3 is 0 Å². The first-order chi connectivity index (χ1) is 8.36. The van der Waals surface area contributed by atoms with Gasteiger partial charge in [0.05, 0.1) is 11.0 Å². The van der Waals surface area contributed by atoms with Gasteiger partial charge in [0, 0.05) is 61.8 Å². The van der Waals surface area contributed by atoms with E-state index in [9.17, 15) is 0 Å². The normalized spacial score (nSPS) is 9.11. The Morgan fingerprint density at radius 2 is 1.67 bits per heavy atom. The second-order valence-corrected chi connectivity index (χ2v) is 3.32. The molecule has 1 radical (unpaired) electrons. The molecule has 0 aliphatic heterocycles. The number of pyridine rings is 2. The van der Waals surface area contributed by atoms with Crippen LogP contribution in [0, 0.1) is 38.6 Å². The van der Waals surface area contributed by atoms with E-state index in [4.69, 9.17) is 9.90 Å². The Morgan fingerprint density at radius 1 is 1.00 bits per heavy atom. The van der Waals surface area contributed by atoms with Crippen LogP contribution in [0.15, 0.2) is 48.8 Å². The van der Waals surface area contributed by atoms with Crippen LogP contribution in [0.3, 0.4) is 0 Å². The summed E-state index contributed by atoms with van der Waals surface area (Å²) in [6.45, 7) is -0.250. The molecule has 0 aliphatic rings. The van der Waals surface area contributed by atoms with Crippen LogP contribution < -0.4 is 0 Å². The standard InChI is InChI=1S/C12H8N2.CH2O2.Tb/c1-3-9-5-6-11-10(4-2-7-13-11)12(9)14-8-1;2-1-3;/h1-8H;1H,(H,2,3);. The summed E-state index contributed by atoms with van der Waals surface area (Å²) in [6, 6.07) is 12.1. The molecule has 2 aromatic heterocycles. The monoisotopic (exact) mass is 385 g/mol. The van der Waals surface area contributed by atoms with Gasteiger partial charge in [-0.25, -0.2) is 0 Å². The van der Waals surface area contributed by atoms with Crippen molar-refractivity contribution in [3.63, 3.8) is 0 Å². The largest absolute Gasteiger partial charge is 0.483 e. The van der Waals surface area contributed by atoms with Gasteiger partial charge < -0.3 is 5.11 Å². The molecule has 1 N–H and O–H groups in total. The van der Waals surface area contributed by atoms with Crippen molar-refractivity contribution < 1.29 is 48.5 Å². The van der Waals surface area contributed by atoms with Gasteiger partial charge in [-0.1, -0.05) is 12.1 Å². The smallest absolute Gasteiger partial charge is 0.290 e. The predicted molar refractivity (Wildman–Crippen MR) is 65.7 cm³/mol. The number of nitrogens with zero attached hydrogens (tertiary/aromatic N) is 2. The van der Waals surface area contributed by atoms with E-state index >= 15 is 0 Å². The van der Waals surface area contributed by atoms with Crippen LogP contribution in [-0.4, -0.2) is 21.5 Å². The van der Waals surface area contributed by atoms with E-state index in [1.165, 1.54) is 0 Å². The van der Waals surface area contributed by atoms with Gasteiger partial charge in [0.15, 0.2) is 0 Å². The average Bonchev–Trinajstić information content (AvgIpc) is 2.40. The molecular weight excluding hydrogens is 375 g/mol. The molecule has 18 heavy (non-hydrogen) atoms. The number of carbonyl (C=O) groups is 1. The summed E-state index contributed by atoms with van der Waals surface area (Å²) in [5.74, 6) is 0. The number of hydrogen-bond donors (Lipinski definition) is 1. The first kappa shape index (κ1) is 14.9. The Kier molecular flexibility index (Phi) is 6.01. The third-order valence-corrected chi connectivity index (χ3v) is 2.35. The van der Waals surface area contributed by atoms with Crippen LogP contribution in [0.5, 0.6) is 0 Å². The number of aromatic nitrogens is 2. The molecule has 0 unspecified atom stereocenters. The van der Waals surface area contributed by atoms with E-state index in [-0.39, 0.29) is 45.1 Å². The maximum Gasteiger partial charge on any atom is 0.290 e. The second-order valence-electron chi connectivity index (χ2n) is 3.32. The summed E-state index contributed by atoms with van der Waals surface area (Å²) < 4.78 is 0. The SMILES string of the molecule is O=CO.[Tb].c1cnc2c(c1)ccc1ncccc12. The van der Waals surface area contributed by atoms with Crippen molar-refractivity contribution in [2.75, 3.05) is 0 Å². The number of benzene rings is 1. The minimum atomic E-state index is -0.250. The zero-order valence-electron chi connectivity index (χ0n) is 9.28. The molecule has 4 nitrogen and oxygen atoms in total. The Balaban J connectivity index is 0.000000372. The zero-order valence-corrected chi connectivity index (χ0v) is 11.4. The molecule has 0 saturated carbocycles. The van der Waals surface area contributed by atoms with E-state index in [2.05, 4.69) is 28.2 Å². The molecule has 5 heteroatoms. The Morgan fingerprint density at radius 3 is 2.44 bits per heavy atom. The fourth-order valence-electron chi connectivity index (χ4n) is 1.70. The van der Waals surface area contributed by atoms with E-state index in [0.29, 0.717) is 0 Å². The molecule has 0 fully saturated rings. The van der Waals surface area contributed by atoms with Gasteiger partial charge in [0.1, 0.15) is 0 Å². The van der Waals surface area contributed by atoms with E-state index in [1.54, 1.807) is 6.20 Å². The topological polar surface area (TPSA) is 63.1 Å². The van der Waals surface area contributed by atoms with Crippen LogP contribution in [0.1, 0.15) is 0 Å². The molecule has 1 aromatic carbocycles. The van der Waals surface area contributed by atoms with Gasteiger partial charge in [0.25, 0.3) is 6.47 Å². The summed E-state index contributed by atoms with van der Waals surface area (Å²) >= 11 is 0. The molecule has 3 rings (SSSR count). The van der Waals surface area contributed by atoms with Crippen molar-refractivity contribution in [3.8, 4) is 0 Å². The molecule has 0 bridgehead atoms. The van der Waals surface area contributed by atoms with Gasteiger partial charge in [-0.15, -0.1) is 0 Å². The molecule has 0 aliphatic carbocycles. The number of hydrogen-bond acceptors (Lipinski definition) is 3.